The number of aryl methyl sites for hydroxylation is 2. The first-order valence-electron chi connectivity index (χ1n) is 5.03. The standard InChI is InChI=1S/C12H15ClN2/c1-8-5-4-6-10-11(8)9(7-14-2)12(13)15(10)3/h4-6,14H,7H2,1-3H3. The Morgan fingerprint density at radius 3 is 2.80 bits per heavy atom. The fraction of sp³-hybridized carbons (Fsp3) is 0.333. The summed E-state index contributed by atoms with van der Waals surface area (Å²) in [6.07, 6.45) is 0. The lowest BCUT2D eigenvalue weighted by Gasteiger charge is -2.01. The van der Waals surface area contributed by atoms with Crippen LogP contribution in [0.2, 0.25) is 5.15 Å². The molecular formula is C12H15ClN2. The second-order valence-corrected chi connectivity index (χ2v) is 4.19. The van der Waals surface area contributed by atoms with Crippen LogP contribution in [0.25, 0.3) is 10.9 Å². The molecule has 0 saturated heterocycles. The van der Waals surface area contributed by atoms with Crippen molar-refractivity contribution >= 4 is 22.5 Å². The van der Waals surface area contributed by atoms with Crippen LogP contribution in [0.4, 0.5) is 0 Å². The largest absolute Gasteiger partial charge is 0.334 e. The van der Waals surface area contributed by atoms with Crippen molar-refractivity contribution in [3.8, 4) is 0 Å². The molecule has 1 N–H and O–H groups in total. The zero-order valence-corrected chi connectivity index (χ0v) is 10.0. The molecule has 15 heavy (non-hydrogen) atoms. The minimum absolute atomic E-state index is 0.807. The number of nitrogens with one attached hydrogen (secondary N) is 1. The van der Waals surface area contributed by atoms with Gasteiger partial charge in [0.25, 0.3) is 0 Å². The van der Waals surface area contributed by atoms with E-state index in [0.717, 1.165) is 11.7 Å². The van der Waals surface area contributed by atoms with Crippen LogP contribution in [0.15, 0.2) is 18.2 Å². The topological polar surface area (TPSA) is 17.0 Å². The molecule has 0 saturated carbocycles. The van der Waals surface area contributed by atoms with Crippen molar-refractivity contribution in [2.45, 2.75) is 13.5 Å². The first kappa shape index (κ1) is 10.5. The summed E-state index contributed by atoms with van der Waals surface area (Å²) in [5.41, 5.74) is 3.67. The van der Waals surface area contributed by atoms with Crippen LogP contribution < -0.4 is 5.32 Å². The maximum atomic E-state index is 6.31. The summed E-state index contributed by atoms with van der Waals surface area (Å²) in [6, 6.07) is 6.29. The molecule has 2 aromatic rings. The summed E-state index contributed by atoms with van der Waals surface area (Å²) in [6.45, 7) is 2.93. The van der Waals surface area contributed by atoms with Gasteiger partial charge in [-0.15, -0.1) is 0 Å². The third-order valence-corrected chi connectivity index (χ3v) is 3.29. The van der Waals surface area contributed by atoms with Gasteiger partial charge in [0, 0.05) is 30.1 Å². The summed E-state index contributed by atoms with van der Waals surface area (Å²) in [4.78, 5) is 0. The van der Waals surface area contributed by atoms with Crippen LogP contribution in [0.3, 0.4) is 0 Å². The molecule has 0 bridgehead atoms. The molecule has 0 radical (unpaired) electrons. The number of rotatable bonds is 2. The predicted molar refractivity (Wildman–Crippen MR) is 65.4 cm³/mol. The minimum Gasteiger partial charge on any atom is -0.334 e. The zero-order valence-electron chi connectivity index (χ0n) is 9.26. The first-order valence-corrected chi connectivity index (χ1v) is 5.41. The Labute approximate surface area is 94.8 Å². The van der Waals surface area contributed by atoms with Crippen molar-refractivity contribution < 1.29 is 0 Å². The summed E-state index contributed by atoms with van der Waals surface area (Å²) >= 11 is 6.31. The molecule has 1 aromatic heterocycles. The van der Waals surface area contributed by atoms with E-state index in [1.54, 1.807) is 0 Å². The molecule has 0 atom stereocenters. The number of fused-ring (bicyclic) bond motifs is 1. The van der Waals surface area contributed by atoms with Crippen molar-refractivity contribution in [3.05, 3.63) is 34.5 Å². The Bertz CT molecular complexity index is 500. The average Bonchev–Trinajstić information content (AvgIpc) is 2.46. The molecule has 0 amide bonds. The quantitative estimate of drug-likeness (QED) is 0.827. The molecule has 2 nitrogen and oxygen atoms in total. The van der Waals surface area contributed by atoms with Gasteiger partial charge in [-0.2, -0.15) is 0 Å². The van der Waals surface area contributed by atoms with Crippen molar-refractivity contribution in [1.29, 1.82) is 0 Å². The molecule has 3 heteroatoms. The molecular weight excluding hydrogens is 208 g/mol. The third kappa shape index (κ3) is 1.54. The molecule has 2 rings (SSSR count). The number of benzene rings is 1. The fourth-order valence-corrected chi connectivity index (χ4v) is 2.33. The molecule has 0 aliphatic carbocycles. The third-order valence-electron chi connectivity index (χ3n) is 2.81. The summed E-state index contributed by atoms with van der Waals surface area (Å²) in [5, 5.41) is 5.26. The second kappa shape index (κ2) is 3.87. The predicted octanol–water partition coefficient (Wildman–Crippen LogP) is 2.86. The van der Waals surface area contributed by atoms with Gasteiger partial charge in [0.15, 0.2) is 0 Å². The van der Waals surface area contributed by atoms with E-state index < -0.39 is 0 Å². The SMILES string of the molecule is CNCc1c(Cl)n(C)c2cccc(C)c12. The Morgan fingerprint density at radius 2 is 2.13 bits per heavy atom. The van der Waals surface area contributed by atoms with Gasteiger partial charge >= 0.3 is 0 Å². The Morgan fingerprint density at radius 1 is 1.40 bits per heavy atom. The van der Waals surface area contributed by atoms with Crippen molar-refractivity contribution in [3.63, 3.8) is 0 Å². The minimum atomic E-state index is 0.807. The molecule has 1 aromatic carbocycles. The summed E-state index contributed by atoms with van der Waals surface area (Å²) < 4.78 is 2.04. The number of halogens is 1. The fourth-order valence-electron chi connectivity index (χ4n) is 2.07. The first-order chi connectivity index (χ1) is 7.16. The van der Waals surface area contributed by atoms with Gasteiger partial charge < -0.3 is 9.88 Å². The number of aromatic nitrogens is 1. The number of hydrogen-bond acceptors (Lipinski definition) is 1. The van der Waals surface area contributed by atoms with Crippen LogP contribution in [0, 0.1) is 6.92 Å². The van der Waals surface area contributed by atoms with Crippen LogP contribution in [0.1, 0.15) is 11.1 Å². The van der Waals surface area contributed by atoms with E-state index in [1.807, 2.05) is 18.7 Å². The Balaban J connectivity index is 2.82. The smallest absolute Gasteiger partial charge is 0.114 e. The average molecular weight is 223 g/mol. The molecule has 0 aliphatic heterocycles. The highest BCUT2D eigenvalue weighted by molar-refractivity contribution is 6.32. The van der Waals surface area contributed by atoms with E-state index in [9.17, 15) is 0 Å². The highest BCUT2D eigenvalue weighted by Crippen LogP contribution is 2.31. The maximum Gasteiger partial charge on any atom is 0.114 e. The van der Waals surface area contributed by atoms with Crippen LogP contribution in [-0.2, 0) is 13.6 Å². The van der Waals surface area contributed by atoms with E-state index >= 15 is 0 Å². The highest BCUT2D eigenvalue weighted by atomic mass is 35.5. The van der Waals surface area contributed by atoms with E-state index in [-0.39, 0.29) is 0 Å². The summed E-state index contributed by atoms with van der Waals surface area (Å²) in [7, 11) is 3.94. The number of hydrogen-bond donors (Lipinski definition) is 1. The van der Waals surface area contributed by atoms with E-state index in [4.69, 9.17) is 11.6 Å². The van der Waals surface area contributed by atoms with Gasteiger partial charge in [0.2, 0.25) is 0 Å². The lowest BCUT2D eigenvalue weighted by Crippen LogP contribution is -2.05. The van der Waals surface area contributed by atoms with Crippen molar-refractivity contribution in [2.75, 3.05) is 7.05 Å². The zero-order chi connectivity index (χ0) is 11.0. The lowest BCUT2D eigenvalue weighted by molar-refractivity contribution is 0.816. The van der Waals surface area contributed by atoms with Gasteiger partial charge in [-0.05, 0) is 25.6 Å². The van der Waals surface area contributed by atoms with Crippen molar-refractivity contribution in [2.24, 2.45) is 7.05 Å². The van der Waals surface area contributed by atoms with Crippen LogP contribution >= 0.6 is 11.6 Å². The van der Waals surface area contributed by atoms with Crippen molar-refractivity contribution in [1.82, 2.24) is 9.88 Å². The van der Waals surface area contributed by atoms with E-state index in [2.05, 4.69) is 30.4 Å². The van der Waals surface area contributed by atoms with Gasteiger partial charge in [-0.3, -0.25) is 0 Å². The highest BCUT2D eigenvalue weighted by Gasteiger charge is 2.13. The van der Waals surface area contributed by atoms with Crippen LogP contribution in [0.5, 0.6) is 0 Å². The van der Waals surface area contributed by atoms with Gasteiger partial charge in [-0.25, -0.2) is 0 Å². The molecule has 0 fully saturated rings. The van der Waals surface area contributed by atoms with E-state index in [1.165, 1.54) is 22.0 Å². The molecule has 0 spiro atoms. The molecule has 0 aliphatic rings. The van der Waals surface area contributed by atoms with Gasteiger partial charge in [-0.1, -0.05) is 23.7 Å². The molecule has 0 unspecified atom stereocenters. The Hall–Kier alpha value is -0.990. The van der Waals surface area contributed by atoms with E-state index in [0.29, 0.717) is 0 Å². The van der Waals surface area contributed by atoms with Gasteiger partial charge in [0.1, 0.15) is 5.15 Å². The normalized spacial score (nSPS) is 11.2. The van der Waals surface area contributed by atoms with Crippen LogP contribution in [-0.4, -0.2) is 11.6 Å². The molecule has 80 valence electrons. The molecule has 1 heterocycles. The second-order valence-electron chi connectivity index (χ2n) is 3.83. The van der Waals surface area contributed by atoms with Gasteiger partial charge in [0.05, 0.1) is 0 Å². The monoisotopic (exact) mass is 222 g/mol. The maximum absolute atomic E-state index is 6.31. The lowest BCUT2D eigenvalue weighted by atomic mass is 10.1. The Kier molecular flexibility index (Phi) is 2.72. The number of nitrogens with zero attached hydrogens (tertiary/aromatic N) is 1. The summed E-state index contributed by atoms with van der Waals surface area (Å²) in [5.74, 6) is 0.